The van der Waals surface area contributed by atoms with Gasteiger partial charge in [-0.05, 0) is 25.0 Å². The Kier molecular flexibility index (Phi) is 4.85. The summed E-state index contributed by atoms with van der Waals surface area (Å²) in [6.07, 6.45) is 3.94. The van der Waals surface area contributed by atoms with Crippen LogP contribution in [0.1, 0.15) is 20.3 Å². The Hall–Kier alpha value is -0.630. The molecule has 0 heterocycles. The zero-order valence-corrected chi connectivity index (χ0v) is 6.52. The van der Waals surface area contributed by atoms with E-state index in [2.05, 4.69) is 0 Å². The van der Waals surface area contributed by atoms with Crippen LogP contribution in [0.25, 0.3) is 0 Å². The maximum atomic E-state index is 12.8. The van der Waals surface area contributed by atoms with Crippen LogP contribution in [0.5, 0.6) is 0 Å². The maximum Gasteiger partial charge on any atom is 0.123 e. The highest BCUT2D eigenvalue weighted by atomic mass is 19.1. The molecule has 10 heavy (non-hydrogen) atoms. The maximum absolute atomic E-state index is 12.8. The molecule has 0 aromatic heterocycles. The Labute approximate surface area is 61.4 Å². The fourth-order valence-corrected chi connectivity index (χ4v) is 0.664. The molecule has 58 valence electrons. The fourth-order valence-electron chi connectivity index (χ4n) is 0.664. The van der Waals surface area contributed by atoms with Crippen molar-refractivity contribution in [1.82, 2.24) is 0 Å². The first-order valence-electron chi connectivity index (χ1n) is 3.47. The van der Waals surface area contributed by atoms with Gasteiger partial charge in [0.05, 0.1) is 0 Å². The van der Waals surface area contributed by atoms with Crippen LogP contribution in [-0.2, 0) is 0 Å². The third-order valence-corrected chi connectivity index (χ3v) is 1.26. The average molecular weight is 143 g/mol. The van der Waals surface area contributed by atoms with Crippen LogP contribution in [0.4, 0.5) is 4.39 Å². The van der Waals surface area contributed by atoms with Crippen molar-refractivity contribution in [3.8, 4) is 0 Å². The summed E-state index contributed by atoms with van der Waals surface area (Å²) >= 11 is 0. The molecular formula is C8H14FN. The van der Waals surface area contributed by atoms with Crippen LogP contribution >= 0.6 is 0 Å². The van der Waals surface area contributed by atoms with Gasteiger partial charge in [-0.3, -0.25) is 0 Å². The third-order valence-electron chi connectivity index (χ3n) is 1.26. The SMILES string of the molecule is C/C=C(CN)\C(F)=C/CC. The monoisotopic (exact) mass is 143 g/mol. The molecule has 2 heteroatoms. The Morgan fingerprint density at radius 1 is 1.60 bits per heavy atom. The second kappa shape index (κ2) is 5.18. The van der Waals surface area contributed by atoms with Crippen molar-refractivity contribution in [3.63, 3.8) is 0 Å². The van der Waals surface area contributed by atoms with E-state index in [-0.39, 0.29) is 12.4 Å². The number of allylic oxidation sites excluding steroid dienone is 2. The smallest absolute Gasteiger partial charge is 0.123 e. The van der Waals surface area contributed by atoms with Crippen LogP contribution < -0.4 is 5.73 Å². The summed E-state index contributed by atoms with van der Waals surface area (Å²) < 4.78 is 12.8. The highest BCUT2D eigenvalue weighted by molar-refractivity contribution is 5.25. The van der Waals surface area contributed by atoms with Crippen molar-refractivity contribution >= 4 is 0 Å². The van der Waals surface area contributed by atoms with Crippen molar-refractivity contribution < 1.29 is 4.39 Å². The molecule has 0 radical (unpaired) electrons. The van der Waals surface area contributed by atoms with E-state index in [1.54, 1.807) is 13.0 Å². The van der Waals surface area contributed by atoms with Crippen molar-refractivity contribution in [2.45, 2.75) is 20.3 Å². The van der Waals surface area contributed by atoms with Gasteiger partial charge < -0.3 is 5.73 Å². The van der Waals surface area contributed by atoms with Crippen LogP contribution in [0, 0.1) is 0 Å². The topological polar surface area (TPSA) is 26.0 Å². The molecule has 0 aliphatic heterocycles. The number of rotatable bonds is 3. The van der Waals surface area contributed by atoms with Crippen LogP contribution in [-0.4, -0.2) is 6.54 Å². The lowest BCUT2D eigenvalue weighted by molar-refractivity contribution is 0.640. The first-order chi connectivity index (χ1) is 4.76. The van der Waals surface area contributed by atoms with Gasteiger partial charge in [-0.25, -0.2) is 4.39 Å². The second-order valence-electron chi connectivity index (χ2n) is 1.98. The quantitative estimate of drug-likeness (QED) is 0.602. The normalized spacial score (nSPS) is 14.0. The van der Waals surface area contributed by atoms with Gasteiger partial charge in [-0.1, -0.05) is 13.0 Å². The molecule has 0 atom stereocenters. The standard InChI is InChI=1S/C8H14FN/c1-3-5-8(9)7(4-2)6-10/h4-5H,3,6,10H2,1-2H3/b7-4-,8-5+. The Bertz CT molecular complexity index is 147. The van der Waals surface area contributed by atoms with E-state index >= 15 is 0 Å². The molecule has 0 aliphatic carbocycles. The number of hydrogen-bond donors (Lipinski definition) is 1. The first kappa shape index (κ1) is 9.37. The zero-order valence-electron chi connectivity index (χ0n) is 6.52. The minimum atomic E-state index is -0.187. The largest absolute Gasteiger partial charge is 0.326 e. The van der Waals surface area contributed by atoms with E-state index in [1.807, 2.05) is 6.92 Å². The predicted molar refractivity (Wildman–Crippen MR) is 42.3 cm³/mol. The summed E-state index contributed by atoms with van der Waals surface area (Å²) in [4.78, 5) is 0. The van der Waals surface area contributed by atoms with Gasteiger partial charge in [0, 0.05) is 6.54 Å². The van der Waals surface area contributed by atoms with Crippen LogP contribution in [0.3, 0.4) is 0 Å². The Balaban J connectivity index is 4.16. The van der Waals surface area contributed by atoms with E-state index in [9.17, 15) is 4.39 Å². The minimum absolute atomic E-state index is 0.187. The third kappa shape index (κ3) is 2.78. The van der Waals surface area contributed by atoms with Crippen LogP contribution in [0.15, 0.2) is 23.6 Å². The molecule has 0 amide bonds. The summed E-state index contributed by atoms with van der Waals surface area (Å²) in [6.45, 7) is 3.95. The van der Waals surface area contributed by atoms with Crippen molar-refractivity contribution in [2.24, 2.45) is 5.73 Å². The molecule has 0 saturated heterocycles. The number of halogens is 1. The van der Waals surface area contributed by atoms with Crippen molar-refractivity contribution in [1.29, 1.82) is 0 Å². The molecule has 0 saturated carbocycles. The summed E-state index contributed by atoms with van der Waals surface area (Å²) in [7, 11) is 0. The molecule has 1 nitrogen and oxygen atoms in total. The van der Waals surface area contributed by atoms with E-state index in [1.165, 1.54) is 6.08 Å². The summed E-state index contributed by atoms with van der Waals surface area (Å²) in [5, 5.41) is 0. The minimum Gasteiger partial charge on any atom is -0.326 e. The van der Waals surface area contributed by atoms with Gasteiger partial charge in [0.2, 0.25) is 0 Å². The van der Waals surface area contributed by atoms with E-state index in [4.69, 9.17) is 5.73 Å². The molecule has 0 unspecified atom stereocenters. The van der Waals surface area contributed by atoms with Gasteiger partial charge in [0.25, 0.3) is 0 Å². The highest BCUT2D eigenvalue weighted by Gasteiger charge is 1.97. The summed E-state index contributed by atoms with van der Waals surface area (Å²) in [5.41, 5.74) is 5.85. The Morgan fingerprint density at radius 3 is 2.50 bits per heavy atom. The number of nitrogens with two attached hydrogens (primary N) is 1. The van der Waals surface area contributed by atoms with Crippen molar-refractivity contribution in [2.75, 3.05) is 6.54 Å². The highest BCUT2D eigenvalue weighted by Crippen LogP contribution is 2.09. The van der Waals surface area contributed by atoms with E-state index in [0.717, 1.165) is 0 Å². The molecule has 0 aromatic carbocycles. The van der Waals surface area contributed by atoms with Gasteiger partial charge >= 0.3 is 0 Å². The second-order valence-corrected chi connectivity index (χ2v) is 1.98. The molecule has 0 rings (SSSR count). The van der Waals surface area contributed by atoms with Crippen LogP contribution in [0.2, 0.25) is 0 Å². The first-order valence-corrected chi connectivity index (χ1v) is 3.47. The lowest BCUT2D eigenvalue weighted by Gasteiger charge is -1.97. The summed E-state index contributed by atoms with van der Waals surface area (Å²) in [6, 6.07) is 0. The lowest BCUT2D eigenvalue weighted by Crippen LogP contribution is -2.03. The van der Waals surface area contributed by atoms with E-state index in [0.29, 0.717) is 12.0 Å². The van der Waals surface area contributed by atoms with Gasteiger partial charge in [-0.2, -0.15) is 0 Å². The van der Waals surface area contributed by atoms with E-state index < -0.39 is 0 Å². The Morgan fingerprint density at radius 2 is 2.20 bits per heavy atom. The predicted octanol–water partition coefficient (Wildman–Crippen LogP) is 2.15. The summed E-state index contributed by atoms with van der Waals surface area (Å²) in [5.74, 6) is -0.187. The molecular weight excluding hydrogens is 129 g/mol. The molecule has 0 bridgehead atoms. The van der Waals surface area contributed by atoms with Gasteiger partial charge in [-0.15, -0.1) is 0 Å². The average Bonchev–Trinajstić information content (AvgIpc) is 1.91. The van der Waals surface area contributed by atoms with Gasteiger partial charge in [0.15, 0.2) is 0 Å². The number of hydrogen-bond acceptors (Lipinski definition) is 1. The lowest BCUT2D eigenvalue weighted by atomic mass is 10.2. The molecule has 0 aromatic rings. The molecule has 2 N–H and O–H groups in total. The molecule has 0 fully saturated rings. The van der Waals surface area contributed by atoms with Crippen molar-refractivity contribution in [3.05, 3.63) is 23.6 Å². The molecule has 0 spiro atoms. The zero-order chi connectivity index (χ0) is 7.98. The molecule has 0 aliphatic rings. The fraction of sp³-hybridized carbons (Fsp3) is 0.500. The van der Waals surface area contributed by atoms with Gasteiger partial charge in [0.1, 0.15) is 5.83 Å².